The van der Waals surface area contributed by atoms with Crippen LogP contribution in [-0.4, -0.2) is 4.57 Å². The van der Waals surface area contributed by atoms with Crippen molar-refractivity contribution >= 4 is 0 Å². The summed E-state index contributed by atoms with van der Waals surface area (Å²) in [5.41, 5.74) is -0.0666. The second-order valence-corrected chi connectivity index (χ2v) is 1.62. The fraction of sp³-hybridized carbons (Fsp3) is 0.167. The molecule has 0 bridgehead atoms. The zero-order valence-corrected chi connectivity index (χ0v) is 4.59. The summed E-state index contributed by atoms with van der Waals surface area (Å²) < 4.78 is 1.77. The Morgan fingerprint density at radius 1 is 1.75 bits per heavy atom. The van der Waals surface area contributed by atoms with Crippen LogP contribution in [0.3, 0.4) is 0 Å². The van der Waals surface area contributed by atoms with E-state index in [-0.39, 0.29) is 5.43 Å². The minimum atomic E-state index is -0.0666. The van der Waals surface area contributed by atoms with Gasteiger partial charge in [0.25, 0.3) is 0 Å². The topological polar surface area (TPSA) is 22.0 Å². The highest BCUT2D eigenvalue weighted by Gasteiger charge is 1.77. The molecule has 0 N–H and O–H groups in total. The van der Waals surface area contributed by atoms with Gasteiger partial charge in [0.1, 0.15) is 0 Å². The molecule has 1 aromatic rings. The molecule has 1 heterocycles. The predicted molar refractivity (Wildman–Crippen MR) is 30.5 cm³/mol. The monoisotopic (exact) mass is 108 g/mol. The lowest BCUT2D eigenvalue weighted by Gasteiger charge is -1.89. The van der Waals surface area contributed by atoms with Crippen LogP contribution >= 0.6 is 0 Å². The third kappa shape index (κ3) is 0.964. The van der Waals surface area contributed by atoms with Crippen molar-refractivity contribution in [2.45, 2.75) is 0 Å². The van der Waals surface area contributed by atoms with Crippen molar-refractivity contribution in [1.29, 1.82) is 0 Å². The molecule has 1 rings (SSSR count). The van der Waals surface area contributed by atoms with Gasteiger partial charge in [-0.1, -0.05) is 0 Å². The van der Waals surface area contributed by atoms with Gasteiger partial charge in [-0.05, 0) is 0 Å². The molecule has 0 fully saturated rings. The largest absolute Gasteiger partial charge is 0.356 e. The summed E-state index contributed by atoms with van der Waals surface area (Å²) in [5.74, 6) is 0. The van der Waals surface area contributed by atoms with E-state index in [1.54, 1.807) is 17.0 Å². The van der Waals surface area contributed by atoms with Crippen LogP contribution in [0.4, 0.5) is 0 Å². The van der Waals surface area contributed by atoms with Gasteiger partial charge in [0, 0.05) is 25.5 Å². The molecule has 8 heavy (non-hydrogen) atoms. The Bertz CT molecular complexity index is 206. The van der Waals surface area contributed by atoms with Crippen LogP contribution in [0.5, 0.6) is 0 Å². The third-order valence-electron chi connectivity index (χ3n) is 0.871. The molecular formula is C6H6NO. The SMILES string of the molecule is Cn1c[c]c(=O)cc1. The predicted octanol–water partition coefficient (Wildman–Crippen LogP) is 0.185. The summed E-state index contributed by atoms with van der Waals surface area (Å²) in [4.78, 5) is 10.4. The van der Waals surface area contributed by atoms with Crippen LogP contribution in [0, 0.1) is 6.07 Å². The van der Waals surface area contributed by atoms with E-state index in [1.807, 2.05) is 7.05 Å². The van der Waals surface area contributed by atoms with Crippen molar-refractivity contribution in [2.75, 3.05) is 0 Å². The van der Waals surface area contributed by atoms with Crippen LogP contribution in [0.1, 0.15) is 0 Å². The van der Waals surface area contributed by atoms with E-state index in [4.69, 9.17) is 0 Å². The lowest BCUT2D eigenvalue weighted by Crippen LogP contribution is -1.99. The van der Waals surface area contributed by atoms with Gasteiger partial charge in [0.15, 0.2) is 5.43 Å². The van der Waals surface area contributed by atoms with Crippen LogP contribution in [0.25, 0.3) is 0 Å². The minimum absolute atomic E-state index is 0.0666. The van der Waals surface area contributed by atoms with Gasteiger partial charge >= 0.3 is 0 Å². The van der Waals surface area contributed by atoms with E-state index in [0.717, 1.165) is 0 Å². The van der Waals surface area contributed by atoms with Crippen molar-refractivity contribution in [3.05, 3.63) is 34.7 Å². The average molecular weight is 108 g/mol. The fourth-order valence-electron chi connectivity index (χ4n) is 0.442. The molecule has 0 atom stereocenters. The van der Waals surface area contributed by atoms with E-state index in [1.165, 1.54) is 6.07 Å². The van der Waals surface area contributed by atoms with Crippen LogP contribution in [-0.2, 0) is 7.05 Å². The number of rotatable bonds is 0. The van der Waals surface area contributed by atoms with E-state index in [2.05, 4.69) is 6.07 Å². The molecule has 0 aromatic carbocycles. The molecule has 0 aliphatic rings. The van der Waals surface area contributed by atoms with Crippen LogP contribution in [0.15, 0.2) is 23.3 Å². The van der Waals surface area contributed by atoms with Crippen LogP contribution < -0.4 is 5.43 Å². The first kappa shape index (κ1) is 5.09. The van der Waals surface area contributed by atoms with Gasteiger partial charge in [0.05, 0.1) is 6.07 Å². The molecular weight excluding hydrogens is 102 g/mol. The number of hydrogen-bond donors (Lipinski definition) is 0. The summed E-state index contributed by atoms with van der Waals surface area (Å²) >= 11 is 0. The maximum atomic E-state index is 10.4. The van der Waals surface area contributed by atoms with E-state index in [0.29, 0.717) is 0 Å². The van der Waals surface area contributed by atoms with Crippen molar-refractivity contribution in [2.24, 2.45) is 7.05 Å². The summed E-state index contributed by atoms with van der Waals surface area (Å²) in [7, 11) is 1.84. The Balaban J connectivity index is 3.22. The van der Waals surface area contributed by atoms with Crippen molar-refractivity contribution < 1.29 is 0 Å². The normalized spacial score (nSPS) is 9.12. The Morgan fingerprint density at radius 2 is 2.50 bits per heavy atom. The zero-order valence-electron chi connectivity index (χ0n) is 4.59. The van der Waals surface area contributed by atoms with E-state index < -0.39 is 0 Å². The Labute approximate surface area is 47.4 Å². The first-order valence-corrected chi connectivity index (χ1v) is 2.33. The molecule has 0 amide bonds. The zero-order chi connectivity index (χ0) is 5.98. The van der Waals surface area contributed by atoms with Crippen molar-refractivity contribution in [3.63, 3.8) is 0 Å². The molecule has 2 nitrogen and oxygen atoms in total. The minimum Gasteiger partial charge on any atom is -0.356 e. The Hall–Kier alpha value is -1.05. The molecule has 2 heteroatoms. The first-order chi connectivity index (χ1) is 3.79. The summed E-state index contributed by atoms with van der Waals surface area (Å²) in [5, 5.41) is 0. The van der Waals surface area contributed by atoms with Gasteiger partial charge < -0.3 is 4.57 Å². The second-order valence-electron chi connectivity index (χ2n) is 1.62. The molecule has 0 aliphatic heterocycles. The van der Waals surface area contributed by atoms with Gasteiger partial charge in [-0.2, -0.15) is 0 Å². The lowest BCUT2D eigenvalue weighted by atomic mass is 10.5. The molecule has 0 unspecified atom stereocenters. The molecule has 0 spiro atoms. The Kier molecular flexibility index (Phi) is 1.16. The standard InChI is InChI=1S/C6H6NO/c1-7-4-2-6(8)3-5-7/h2,4-5H,1H3. The first-order valence-electron chi connectivity index (χ1n) is 2.33. The van der Waals surface area contributed by atoms with Gasteiger partial charge in [-0.15, -0.1) is 0 Å². The van der Waals surface area contributed by atoms with E-state index >= 15 is 0 Å². The molecule has 1 radical (unpaired) electrons. The molecule has 41 valence electrons. The molecule has 1 aromatic heterocycles. The van der Waals surface area contributed by atoms with Crippen molar-refractivity contribution in [1.82, 2.24) is 4.57 Å². The molecule has 0 saturated heterocycles. The second kappa shape index (κ2) is 1.82. The highest BCUT2D eigenvalue weighted by molar-refractivity contribution is 4.90. The maximum Gasteiger partial charge on any atom is 0.189 e. The quantitative estimate of drug-likeness (QED) is 0.465. The summed E-state index contributed by atoms with van der Waals surface area (Å²) in [6, 6.07) is 3.98. The number of pyridine rings is 1. The lowest BCUT2D eigenvalue weighted by molar-refractivity contribution is 0.898. The molecule has 0 saturated carbocycles. The van der Waals surface area contributed by atoms with E-state index in [9.17, 15) is 4.79 Å². The van der Waals surface area contributed by atoms with Crippen molar-refractivity contribution in [3.8, 4) is 0 Å². The maximum absolute atomic E-state index is 10.4. The summed E-state index contributed by atoms with van der Waals surface area (Å²) in [6.45, 7) is 0. The number of hydrogen-bond acceptors (Lipinski definition) is 1. The highest BCUT2D eigenvalue weighted by Crippen LogP contribution is 1.72. The fourth-order valence-corrected chi connectivity index (χ4v) is 0.442. The number of aryl methyl sites for hydroxylation is 1. The average Bonchev–Trinajstić information content (AvgIpc) is 1.77. The summed E-state index contributed by atoms with van der Waals surface area (Å²) in [6.07, 6.45) is 3.29. The highest BCUT2D eigenvalue weighted by atomic mass is 16.1. The van der Waals surface area contributed by atoms with Gasteiger partial charge in [0.2, 0.25) is 0 Å². The molecule has 0 aliphatic carbocycles. The smallest absolute Gasteiger partial charge is 0.189 e. The van der Waals surface area contributed by atoms with Crippen LogP contribution in [0.2, 0.25) is 0 Å². The van der Waals surface area contributed by atoms with Gasteiger partial charge in [-0.25, -0.2) is 0 Å². The Morgan fingerprint density at radius 3 is 2.88 bits per heavy atom. The third-order valence-corrected chi connectivity index (χ3v) is 0.871. The number of nitrogens with zero attached hydrogens (tertiary/aromatic N) is 1. The van der Waals surface area contributed by atoms with Gasteiger partial charge in [-0.3, -0.25) is 4.79 Å². The number of aromatic nitrogens is 1.